The van der Waals surface area contributed by atoms with Crippen molar-refractivity contribution in [1.29, 1.82) is 5.26 Å². The topological polar surface area (TPSA) is 64.9 Å². The van der Waals surface area contributed by atoms with Crippen LogP contribution in [-0.4, -0.2) is 6.03 Å². The Bertz CT molecular complexity index is 667. The Morgan fingerprint density at radius 3 is 2.57 bits per heavy atom. The second kappa shape index (κ2) is 7.58. The van der Waals surface area contributed by atoms with Crippen LogP contribution in [0.15, 0.2) is 53.4 Å². The number of rotatable bonds is 4. The highest BCUT2D eigenvalue weighted by Crippen LogP contribution is 2.19. The molecule has 2 rings (SSSR count). The summed E-state index contributed by atoms with van der Waals surface area (Å²) in [5, 5.41) is 16.6. The third-order valence-electron chi connectivity index (χ3n) is 2.67. The number of thioether (sulfide) groups is 1. The first-order chi connectivity index (χ1) is 10.2. The number of urea groups is 1. The van der Waals surface area contributed by atoms with Crippen LogP contribution in [0.5, 0.6) is 0 Å². The predicted molar refractivity (Wildman–Crippen MR) is 85.2 cm³/mol. The minimum absolute atomic E-state index is 0.310. The maximum absolute atomic E-state index is 11.8. The molecule has 0 fully saturated rings. The maximum Gasteiger partial charge on any atom is 0.319 e. The first kappa shape index (κ1) is 15.2. The van der Waals surface area contributed by atoms with Gasteiger partial charge in [-0.05, 0) is 47.7 Å². The van der Waals surface area contributed by atoms with Gasteiger partial charge in [0.2, 0.25) is 0 Å². The van der Waals surface area contributed by atoms with E-state index in [1.54, 1.807) is 30.3 Å². The molecule has 2 N–H and O–H groups in total. The summed E-state index contributed by atoms with van der Waals surface area (Å²) in [7, 11) is 0. The lowest BCUT2D eigenvalue weighted by molar-refractivity contribution is 0.251. The molecule has 106 valence electrons. The molecule has 2 aromatic carbocycles. The Hall–Kier alpha value is -2.16. The van der Waals surface area contributed by atoms with Crippen LogP contribution in [0.3, 0.4) is 0 Å². The molecular weight excluding hydrogens is 306 g/mol. The highest BCUT2D eigenvalue weighted by molar-refractivity contribution is 8.03. The summed E-state index contributed by atoms with van der Waals surface area (Å²) >= 11 is 7.09. The maximum atomic E-state index is 11.8. The number of carbonyl (C=O) groups excluding carboxylic acids is 1. The van der Waals surface area contributed by atoms with E-state index in [4.69, 9.17) is 16.9 Å². The normalized spacial score (nSPS) is 9.71. The van der Waals surface area contributed by atoms with Gasteiger partial charge in [0.25, 0.3) is 0 Å². The second-order valence-electron chi connectivity index (χ2n) is 4.12. The second-order valence-corrected chi connectivity index (χ2v) is 5.38. The van der Waals surface area contributed by atoms with Crippen LogP contribution in [-0.2, 0) is 6.54 Å². The molecule has 0 aliphatic rings. The number of benzene rings is 2. The number of nitrogens with one attached hydrogen (secondary N) is 2. The lowest BCUT2D eigenvalue weighted by atomic mass is 10.2. The molecule has 0 spiro atoms. The van der Waals surface area contributed by atoms with Gasteiger partial charge in [0.1, 0.15) is 5.40 Å². The first-order valence-electron chi connectivity index (χ1n) is 6.13. The van der Waals surface area contributed by atoms with E-state index in [1.807, 2.05) is 23.6 Å². The van der Waals surface area contributed by atoms with Gasteiger partial charge < -0.3 is 10.6 Å². The fourth-order valence-electron chi connectivity index (χ4n) is 1.65. The smallest absolute Gasteiger partial charge is 0.319 e. The Morgan fingerprint density at radius 1 is 1.19 bits per heavy atom. The molecule has 6 heteroatoms. The van der Waals surface area contributed by atoms with Crippen molar-refractivity contribution in [3.8, 4) is 5.40 Å². The van der Waals surface area contributed by atoms with Crippen LogP contribution in [0.2, 0.25) is 5.02 Å². The molecule has 0 unspecified atom stereocenters. The largest absolute Gasteiger partial charge is 0.334 e. The van der Waals surface area contributed by atoms with E-state index in [-0.39, 0.29) is 6.03 Å². The van der Waals surface area contributed by atoms with Crippen molar-refractivity contribution in [3.63, 3.8) is 0 Å². The standard InChI is InChI=1S/C15H12ClN3OS/c16-14-4-2-1-3-11(14)9-18-15(20)19-12-5-7-13(8-6-12)21-10-17/h1-8H,9H2,(H2,18,19,20). The quantitative estimate of drug-likeness (QED) is 0.655. The number of thiocyanates is 1. The molecule has 21 heavy (non-hydrogen) atoms. The van der Waals surface area contributed by atoms with E-state index in [9.17, 15) is 4.79 Å². The molecule has 0 heterocycles. The van der Waals surface area contributed by atoms with Gasteiger partial charge >= 0.3 is 6.03 Å². The highest BCUT2D eigenvalue weighted by Gasteiger charge is 2.04. The predicted octanol–water partition coefficient (Wildman–Crippen LogP) is 4.23. The summed E-state index contributed by atoms with van der Waals surface area (Å²) < 4.78 is 0. The number of carbonyl (C=O) groups is 1. The van der Waals surface area contributed by atoms with Crippen molar-refractivity contribution in [3.05, 3.63) is 59.1 Å². The lowest BCUT2D eigenvalue weighted by Crippen LogP contribution is -2.28. The van der Waals surface area contributed by atoms with Gasteiger partial charge in [0, 0.05) is 22.2 Å². The molecule has 4 nitrogen and oxygen atoms in total. The van der Waals surface area contributed by atoms with Gasteiger partial charge in [0.15, 0.2) is 0 Å². The SMILES string of the molecule is N#CSc1ccc(NC(=O)NCc2ccccc2Cl)cc1. The van der Waals surface area contributed by atoms with Gasteiger partial charge in [-0.3, -0.25) is 0 Å². The van der Waals surface area contributed by atoms with Crippen molar-refractivity contribution < 1.29 is 4.79 Å². The summed E-state index contributed by atoms with van der Waals surface area (Å²) in [5.41, 5.74) is 1.52. The Morgan fingerprint density at radius 2 is 1.90 bits per heavy atom. The van der Waals surface area contributed by atoms with Crippen molar-refractivity contribution in [1.82, 2.24) is 5.32 Å². The number of anilines is 1. The zero-order valence-corrected chi connectivity index (χ0v) is 12.5. The molecule has 0 radical (unpaired) electrons. The van der Waals surface area contributed by atoms with E-state index in [2.05, 4.69) is 10.6 Å². The van der Waals surface area contributed by atoms with Gasteiger partial charge in [-0.25, -0.2) is 4.79 Å². The van der Waals surface area contributed by atoms with Gasteiger partial charge in [-0.15, -0.1) is 0 Å². The van der Waals surface area contributed by atoms with E-state index in [0.717, 1.165) is 22.2 Å². The average Bonchev–Trinajstić information content (AvgIpc) is 2.49. The van der Waals surface area contributed by atoms with Gasteiger partial charge in [0.05, 0.1) is 0 Å². The summed E-state index contributed by atoms with van der Waals surface area (Å²) in [6.07, 6.45) is 0. The third kappa shape index (κ3) is 4.71. The lowest BCUT2D eigenvalue weighted by Gasteiger charge is -2.09. The van der Waals surface area contributed by atoms with Gasteiger partial charge in [-0.2, -0.15) is 5.26 Å². The molecule has 0 aliphatic carbocycles. The molecule has 2 amide bonds. The molecular formula is C15H12ClN3OS. The van der Waals surface area contributed by atoms with Crippen LogP contribution < -0.4 is 10.6 Å². The molecule has 0 saturated heterocycles. The Labute approximate surface area is 132 Å². The number of hydrogen-bond acceptors (Lipinski definition) is 3. The minimum atomic E-state index is -0.310. The molecule has 2 aromatic rings. The molecule has 0 saturated carbocycles. The third-order valence-corrected chi connectivity index (χ3v) is 3.64. The van der Waals surface area contributed by atoms with E-state index in [0.29, 0.717) is 17.3 Å². The Balaban J connectivity index is 1.87. The Kier molecular flexibility index (Phi) is 5.50. The van der Waals surface area contributed by atoms with Crippen molar-refractivity contribution in [2.45, 2.75) is 11.4 Å². The van der Waals surface area contributed by atoms with Crippen LogP contribution >= 0.6 is 23.4 Å². The molecule has 0 aromatic heterocycles. The zero-order chi connectivity index (χ0) is 15.1. The van der Waals surface area contributed by atoms with Gasteiger partial charge in [-0.1, -0.05) is 29.8 Å². The summed E-state index contributed by atoms with van der Waals surface area (Å²) in [6, 6.07) is 14.1. The number of amides is 2. The number of nitriles is 1. The first-order valence-corrected chi connectivity index (χ1v) is 7.33. The van der Waals surface area contributed by atoms with Crippen LogP contribution in [0, 0.1) is 10.7 Å². The fourth-order valence-corrected chi connectivity index (χ4v) is 2.23. The highest BCUT2D eigenvalue weighted by atomic mass is 35.5. The average molecular weight is 318 g/mol. The molecule has 0 atom stereocenters. The minimum Gasteiger partial charge on any atom is -0.334 e. The van der Waals surface area contributed by atoms with E-state index in [1.165, 1.54) is 0 Å². The van der Waals surface area contributed by atoms with E-state index >= 15 is 0 Å². The van der Waals surface area contributed by atoms with E-state index < -0.39 is 0 Å². The van der Waals surface area contributed by atoms with Crippen LogP contribution in [0.1, 0.15) is 5.56 Å². The summed E-state index contributed by atoms with van der Waals surface area (Å²) in [4.78, 5) is 12.6. The molecule has 0 aliphatic heterocycles. The molecule has 0 bridgehead atoms. The van der Waals surface area contributed by atoms with Crippen molar-refractivity contribution >= 4 is 35.1 Å². The monoisotopic (exact) mass is 317 g/mol. The summed E-state index contributed by atoms with van der Waals surface area (Å²) in [6.45, 7) is 0.355. The zero-order valence-electron chi connectivity index (χ0n) is 11.0. The summed E-state index contributed by atoms with van der Waals surface area (Å²) in [5.74, 6) is 0. The fraction of sp³-hybridized carbons (Fsp3) is 0.0667. The van der Waals surface area contributed by atoms with Crippen molar-refractivity contribution in [2.75, 3.05) is 5.32 Å². The number of nitrogens with zero attached hydrogens (tertiary/aromatic N) is 1. The van der Waals surface area contributed by atoms with Crippen LogP contribution in [0.4, 0.5) is 10.5 Å². The number of hydrogen-bond donors (Lipinski definition) is 2. The number of halogens is 1. The van der Waals surface area contributed by atoms with Crippen LogP contribution in [0.25, 0.3) is 0 Å². The van der Waals surface area contributed by atoms with Crippen molar-refractivity contribution in [2.24, 2.45) is 0 Å².